The summed E-state index contributed by atoms with van der Waals surface area (Å²) in [6.07, 6.45) is 0.187. The van der Waals surface area contributed by atoms with Crippen LogP contribution in [-0.2, 0) is 9.59 Å². The Bertz CT molecular complexity index is 287. The molecule has 1 rings (SSSR count). The van der Waals surface area contributed by atoms with Crippen LogP contribution in [0.1, 0.15) is 26.2 Å². The summed E-state index contributed by atoms with van der Waals surface area (Å²) in [5.74, 6) is -1.32. The van der Waals surface area contributed by atoms with Gasteiger partial charge < -0.3 is 20.8 Å². The van der Waals surface area contributed by atoms with Crippen LogP contribution >= 0.6 is 0 Å². The third-order valence-corrected chi connectivity index (χ3v) is 3.24. The van der Waals surface area contributed by atoms with Crippen LogP contribution in [0.5, 0.6) is 0 Å². The second kappa shape index (κ2) is 5.97. The highest BCUT2D eigenvalue weighted by Gasteiger charge is 2.34. The predicted molar refractivity (Wildman–Crippen MR) is 61.5 cm³/mol. The third-order valence-electron chi connectivity index (χ3n) is 3.24. The van der Waals surface area contributed by atoms with E-state index in [1.165, 1.54) is 0 Å². The number of aliphatic hydroxyl groups is 1. The number of piperidine rings is 1. The van der Waals surface area contributed by atoms with Gasteiger partial charge in [0.15, 0.2) is 6.10 Å². The first-order valence-corrected chi connectivity index (χ1v) is 5.85. The van der Waals surface area contributed by atoms with Crippen molar-refractivity contribution in [2.24, 2.45) is 5.41 Å². The summed E-state index contributed by atoms with van der Waals surface area (Å²) in [5.41, 5.74) is -0.376. The lowest BCUT2D eigenvalue weighted by Crippen LogP contribution is -2.46. The van der Waals surface area contributed by atoms with Gasteiger partial charge in [0.05, 0.1) is 0 Å². The van der Waals surface area contributed by atoms with Gasteiger partial charge in [-0.25, -0.2) is 4.79 Å². The highest BCUT2D eigenvalue weighted by atomic mass is 16.4. The molecule has 1 atom stereocenters. The maximum atomic E-state index is 11.9. The number of hydrogen-bond donors (Lipinski definition) is 4. The van der Waals surface area contributed by atoms with Crippen molar-refractivity contribution in [1.29, 1.82) is 0 Å². The number of aliphatic hydroxyl groups excluding tert-OH is 1. The topological polar surface area (TPSA) is 98.7 Å². The molecule has 1 amide bonds. The maximum Gasteiger partial charge on any atom is 0.332 e. The van der Waals surface area contributed by atoms with Gasteiger partial charge in [0, 0.05) is 18.4 Å². The number of hydrogen-bond acceptors (Lipinski definition) is 4. The fourth-order valence-corrected chi connectivity index (χ4v) is 1.86. The number of carbonyl (C=O) groups excluding carboxylic acids is 1. The van der Waals surface area contributed by atoms with Crippen LogP contribution in [0.3, 0.4) is 0 Å². The van der Waals surface area contributed by atoms with Gasteiger partial charge in [0.1, 0.15) is 0 Å². The van der Waals surface area contributed by atoms with Gasteiger partial charge in [-0.1, -0.05) is 6.92 Å². The Hall–Kier alpha value is -1.14. The van der Waals surface area contributed by atoms with E-state index in [1.807, 2.05) is 6.92 Å². The molecule has 17 heavy (non-hydrogen) atoms. The van der Waals surface area contributed by atoms with Gasteiger partial charge in [-0.3, -0.25) is 4.79 Å². The molecule has 98 valence electrons. The molecule has 6 heteroatoms. The second-order valence-corrected chi connectivity index (χ2v) is 4.71. The SMILES string of the molecule is CC1(C(=O)NCCC(O)C(=O)O)CCNCC1. The number of amides is 1. The standard InChI is InChI=1S/C11H20N2O4/c1-11(3-6-12-7-4-11)10(17)13-5-2-8(14)9(15)16/h8,12,14H,2-7H2,1H3,(H,13,17)(H,15,16). The molecule has 4 N–H and O–H groups in total. The summed E-state index contributed by atoms with van der Waals surface area (Å²) < 4.78 is 0. The number of nitrogens with one attached hydrogen (secondary N) is 2. The molecule has 1 aliphatic rings. The lowest BCUT2D eigenvalue weighted by Gasteiger charge is -2.32. The number of aliphatic carboxylic acids is 1. The minimum absolute atomic E-state index is 0.0371. The first-order chi connectivity index (χ1) is 7.96. The summed E-state index contributed by atoms with van der Waals surface area (Å²) in [6, 6.07) is 0. The molecule has 0 saturated carbocycles. The lowest BCUT2D eigenvalue weighted by atomic mass is 9.80. The fourth-order valence-electron chi connectivity index (χ4n) is 1.86. The molecule has 6 nitrogen and oxygen atoms in total. The predicted octanol–water partition coefficient (Wildman–Crippen LogP) is -0.672. The summed E-state index contributed by atoms with van der Waals surface area (Å²) >= 11 is 0. The van der Waals surface area contributed by atoms with Crippen molar-refractivity contribution in [3.8, 4) is 0 Å². The number of carbonyl (C=O) groups is 2. The Morgan fingerprint density at radius 1 is 1.41 bits per heavy atom. The quantitative estimate of drug-likeness (QED) is 0.514. The molecule has 1 saturated heterocycles. The van der Waals surface area contributed by atoms with Gasteiger partial charge in [-0.05, 0) is 25.9 Å². The summed E-state index contributed by atoms with van der Waals surface area (Å²) in [7, 11) is 0. The minimum Gasteiger partial charge on any atom is -0.479 e. The molecular formula is C11H20N2O4. The van der Waals surface area contributed by atoms with Crippen molar-refractivity contribution >= 4 is 11.9 Å². The largest absolute Gasteiger partial charge is 0.479 e. The molecule has 0 aliphatic carbocycles. The van der Waals surface area contributed by atoms with Crippen LogP contribution in [0.4, 0.5) is 0 Å². The molecule has 1 heterocycles. The number of rotatable bonds is 5. The van der Waals surface area contributed by atoms with Crippen molar-refractivity contribution in [2.45, 2.75) is 32.3 Å². The molecule has 1 unspecified atom stereocenters. The van der Waals surface area contributed by atoms with Crippen molar-refractivity contribution in [1.82, 2.24) is 10.6 Å². The van der Waals surface area contributed by atoms with E-state index in [-0.39, 0.29) is 24.3 Å². The Morgan fingerprint density at radius 3 is 2.53 bits per heavy atom. The second-order valence-electron chi connectivity index (χ2n) is 4.71. The fraction of sp³-hybridized carbons (Fsp3) is 0.818. The van der Waals surface area contributed by atoms with Crippen LogP contribution in [0.15, 0.2) is 0 Å². The van der Waals surface area contributed by atoms with Gasteiger partial charge in [0.2, 0.25) is 5.91 Å². The van der Waals surface area contributed by atoms with E-state index in [1.54, 1.807) is 0 Å². The van der Waals surface area contributed by atoms with E-state index in [0.717, 1.165) is 25.9 Å². The first kappa shape index (κ1) is 13.9. The molecule has 1 fully saturated rings. The van der Waals surface area contributed by atoms with Crippen molar-refractivity contribution in [2.75, 3.05) is 19.6 Å². The van der Waals surface area contributed by atoms with Gasteiger partial charge in [-0.2, -0.15) is 0 Å². The first-order valence-electron chi connectivity index (χ1n) is 5.85. The van der Waals surface area contributed by atoms with Crippen molar-refractivity contribution < 1.29 is 19.8 Å². The molecular weight excluding hydrogens is 224 g/mol. The third kappa shape index (κ3) is 3.98. The summed E-state index contributed by atoms with van der Waals surface area (Å²) in [5, 5.41) is 23.4. The smallest absolute Gasteiger partial charge is 0.332 e. The van der Waals surface area contributed by atoms with Gasteiger partial charge in [0.25, 0.3) is 0 Å². The molecule has 0 aromatic heterocycles. The van der Waals surface area contributed by atoms with Crippen LogP contribution in [0, 0.1) is 5.41 Å². The highest BCUT2D eigenvalue weighted by molar-refractivity contribution is 5.82. The van der Waals surface area contributed by atoms with Crippen LogP contribution in [-0.4, -0.2) is 47.8 Å². The Labute approximate surface area is 100 Å². The van der Waals surface area contributed by atoms with Crippen LogP contribution < -0.4 is 10.6 Å². The van der Waals surface area contributed by atoms with E-state index in [0.29, 0.717) is 0 Å². The van der Waals surface area contributed by atoms with E-state index < -0.39 is 12.1 Å². The average molecular weight is 244 g/mol. The Morgan fingerprint density at radius 2 is 2.00 bits per heavy atom. The lowest BCUT2D eigenvalue weighted by molar-refractivity contribution is -0.147. The highest BCUT2D eigenvalue weighted by Crippen LogP contribution is 2.27. The van der Waals surface area contributed by atoms with E-state index >= 15 is 0 Å². The molecule has 0 radical (unpaired) electrons. The zero-order valence-electron chi connectivity index (χ0n) is 10.0. The van der Waals surface area contributed by atoms with E-state index in [4.69, 9.17) is 10.2 Å². The normalized spacial score (nSPS) is 20.6. The molecule has 1 aliphatic heterocycles. The molecule has 0 spiro atoms. The van der Waals surface area contributed by atoms with Crippen molar-refractivity contribution in [3.05, 3.63) is 0 Å². The number of carboxylic acids is 1. The van der Waals surface area contributed by atoms with Crippen LogP contribution in [0.2, 0.25) is 0 Å². The summed E-state index contributed by atoms with van der Waals surface area (Å²) in [4.78, 5) is 22.3. The Kier molecular flexibility index (Phi) is 4.89. The zero-order valence-corrected chi connectivity index (χ0v) is 10.0. The summed E-state index contributed by atoms with van der Waals surface area (Å²) in [6.45, 7) is 3.75. The molecule has 0 bridgehead atoms. The van der Waals surface area contributed by atoms with Crippen LogP contribution in [0.25, 0.3) is 0 Å². The van der Waals surface area contributed by atoms with Crippen molar-refractivity contribution in [3.63, 3.8) is 0 Å². The minimum atomic E-state index is -1.41. The van der Waals surface area contributed by atoms with Gasteiger partial charge in [-0.15, -0.1) is 0 Å². The molecule has 0 aromatic carbocycles. The monoisotopic (exact) mass is 244 g/mol. The average Bonchev–Trinajstić information content (AvgIpc) is 2.29. The number of carboxylic acid groups (broad SMARTS) is 1. The van der Waals surface area contributed by atoms with Gasteiger partial charge >= 0.3 is 5.97 Å². The maximum absolute atomic E-state index is 11.9. The van der Waals surface area contributed by atoms with E-state index in [2.05, 4.69) is 10.6 Å². The Balaban J connectivity index is 2.31. The van der Waals surface area contributed by atoms with E-state index in [9.17, 15) is 9.59 Å². The molecule has 0 aromatic rings. The zero-order chi connectivity index (χ0) is 12.9.